The molecule has 3 N–H and O–H groups in total. The lowest BCUT2D eigenvalue weighted by molar-refractivity contribution is 0.354. The van der Waals surface area contributed by atoms with Gasteiger partial charge in [-0.15, -0.1) is 0 Å². The molecule has 2 aromatic carbocycles. The quantitative estimate of drug-likeness (QED) is 0.537. The summed E-state index contributed by atoms with van der Waals surface area (Å²) in [6.45, 7) is 2.10. The van der Waals surface area contributed by atoms with E-state index >= 15 is 0 Å². The Bertz CT molecular complexity index is 841. The summed E-state index contributed by atoms with van der Waals surface area (Å²) in [6.07, 6.45) is 1.58. The van der Waals surface area contributed by atoms with Gasteiger partial charge in [0.1, 0.15) is 0 Å². The first-order valence-electron chi connectivity index (χ1n) is 8.79. The molecule has 0 unspecified atom stereocenters. The summed E-state index contributed by atoms with van der Waals surface area (Å²) in [5.41, 5.74) is 3.17. The molecule has 0 radical (unpaired) electrons. The van der Waals surface area contributed by atoms with Crippen LogP contribution >= 0.6 is 12.2 Å². The summed E-state index contributed by atoms with van der Waals surface area (Å²) in [6, 6.07) is 9.13. The third kappa shape index (κ3) is 4.36. The Morgan fingerprint density at radius 2 is 1.78 bits per heavy atom. The van der Waals surface area contributed by atoms with Gasteiger partial charge in [0.05, 0.1) is 14.2 Å². The Morgan fingerprint density at radius 1 is 1.07 bits per heavy atom. The molecule has 7 heteroatoms. The van der Waals surface area contributed by atoms with Crippen LogP contribution in [0.3, 0.4) is 0 Å². The van der Waals surface area contributed by atoms with E-state index < -0.39 is 0 Å². The molecule has 0 fully saturated rings. The van der Waals surface area contributed by atoms with Crippen LogP contribution in [-0.4, -0.2) is 47.5 Å². The van der Waals surface area contributed by atoms with Gasteiger partial charge in [0.15, 0.2) is 28.1 Å². The number of aromatic hydroxyl groups is 2. The number of nitrogens with zero attached hydrogens (tertiary/aromatic N) is 1. The average Bonchev–Trinajstić information content (AvgIpc) is 2.68. The smallest absolute Gasteiger partial charge is 0.169 e. The molecule has 0 amide bonds. The van der Waals surface area contributed by atoms with Gasteiger partial charge in [0, 0.05) is 19.6 Å². The first-order valence-corrected chi connectivity index (χ1v) is 9.20. The van der Waals surface area contributed by atoms with Gasteiger partial charge in [-0.05, 0) is 66.0 Å². The van der Waals surface area contributed by atoms with Crippen molar-refractivity contribution in [1.82, 2.24) is 10.2 Å². The van der Waals surface area contributed by atoms with E-state index in [1.165, 1.54) is 0 Å². The van der Waals surface area contributed by atoms with Crippen molar-refractivity contribution in [2.75, 3.05) is 27.3 Å². The Labute approximate surface area is 164 Å². The maximum absolute atomic E-state index is 9.71. The lowest BCUT2D eigenvalue weighted by Gasteiger charge is -2.31. The Morgan fingerprint density at radius 3 is 2.48 bits per heavy atom. The Hall–Kier alpha value is -2.67. The maximum atomic E-state index is 9.71. The predicted molar refractivity (Wildman–Crippen MR) is 108 cm³/mol. The van der Waals surface area contributed by atoms with E-state index in [2.05, 4.69) is 10.2 Å². The number of hydrogen-bond acceptors (Lipinski definition) is 5. The minimum atomic E-state index is -0.0945. The first kappa shape index (κ1) is 19.1. The van der Waals surface area contributed by atoms with Gasteiger partial charge in [-0.1, -0.05) is 6.07 Å². The highest BCUT2D eigenvalue weighted by molar-refractivity contribution is 7.80. The van der Waals surface area contributed by atoms with E-state index in [1.807, 2.05) is 18.2 Å². The third-order valence-corrected chi connectivity index (χ3v) is 5.14. The maximum Gasteiger partial charge on any atom is 0.169 e. The van der Waals surface area contributed by atoms with Gasteiger partial charge in [0.25, 0.3) is 0 Å². The molecule has 0 bridgehead atoms. The molecule has 144 valence electrons. The Balaban J connectivity index is 1.55. The molecule has 0 aliphatic carbocycles. The molecule has 1 aliphatic rings. The first-order chi connectivity index (χ1) is 13.0. The van der Waals surface area contributed by atoms with Crippen LogP contribution in [0.4, 0.5) is 0 Å². The summed E-state index contributed by atoms with van der Waals surface area (Å²) >= 11 is 5.52. The van der Waals surface area contributed by atoms with Gasteiger partial charge in [-0.2, -0.15) is 0 Å². The van der Waals surface area contributed by atoms with Crippen LogP contribution < -0.4 is 14.8 Å². The number of rotatable bonds is 5. The molecule has 0 atom stereocenters. The van der Waals surface area contributed by atoms with Crippen molar-refractivity contribution in [2.24, 2.45) is 0 Å². The van der Waals surface area contributed by atoms with Crippen molar-refractivity contribution in [3.8, 4) is 23.0 Å². The second-order valence-corrected chi connectivity index (χ2v) is 6.84. The number of benzene rings is 2. The fraction of sp³-hybridized carbons (Fsp3) is 0.350. The molecule has 0 saturated carbocycles. The molecule has 3 rings (SSSR count). The molecular formula is C20H24N2O4S. The van der Waals surface area contributed by atoms with Crippen molar-refractivity contribution >= 4 is 17.3 Å². The van der Waals surface area contributed by atoms with Crippen LogP contribution in [0.5, 0.6) is 23.0 Å². The number of phenolic OH excluding ortho intramolecular Hbond substituents is 2. The molecule has 6 nitrogen and oxygen atoms in total. The number of phenols is 2. The zero-order valence-corrected chi connectivity index (χ0v) is 16.3. The molecular weight excluding hydrogens is 364 g/mol. The summed E-state index contributed by atoms with van der Waals surface area (Å²) < 4.78 is 10.6. The molecule has 1 heterocycles. The van der Waals surface area contributed by atoms with Crippen molar-refractivity contribution in [3.05, 3.63) is 47.0 Å². The second-order valence-electron chi connectivity index (χ2n) is 6.45. The van der Waals surface area contributed by atoms with E-state index in [0.717, 1.165) is 36.1 Å². The molecule has 0 saturated heterocycles. The number of nitrogens with one attached hydrogen (secondary N) is 1. The van der Waals surface area contributed by atoms with Gasteiger partial charge < -0.3 is 29.9 Å². The van der Waals surface area contributed by atoms with Crippen LogP contribution in [0.25, 0.3) is 0 Å². The highest BCUT2D eigenvalue weighted by atomic mass is 32.1. The minimum absolute atomic E-state index is 0.0715. The molecule has 0 aromatic heterocycles. The van der Waals surface area contributed by atoms with Gasteiger partial charge in [0.2, 0.25) is 0 Å². The van der Waals surface area contributed by atoms with Crippen LogP contribution in [0.1, 0.15) is 16.7 Å². The third-order valence-electron chi connectivity index (χ3n) is 4.73. The van der Waals surface area contributed by atoms with Crippen molar-refractivity contribution in [3.63, 3.8) is 0 Å². The van der Waals surface area contributed by atoms with Gasteiger partial charge in [-0.25, -0.2) is 0 Å². The monoisotopic (exact) mass is 388 g/mol. The highest BCUT2D eigenvalue weighted by Gasteiger charge is 2.20. The van der Waals surface area contributed by atoms with E-state index in [0.29, 0.717) is 29.7 Å². The fourth-order valence-electron chi connectivity index (χ4n) is 3.22. The minimum Gasteiger partial charge on any atom is -0.504 e. The van der Waals surface area contributed by atoms with E-state index in [4.69, 9.17) is 21.7 Å². The number of hydrogen-bond donors (Lipinski definition) is 3. The van der Waals surface area contributed by atoms with Crippen LogP contribution in [0, 0.1) is 0 Å². The summed E-state index contributed by atoms with van der Waals surface area (Å²) in [5.74, 6) is 1.26. The van der Waals surface area contributed by atoms with E-state index in [9.17, 15) is 10.2 Å². The molecule has 1 aliphatic heterocycles. The summed E-state index contributed by atoms with van der Waals surface area (Å²) in [7, 11) is 3.25. The van der Waals surface area contributed by atoms with E-state index in [-0.39, 0.29) is 11.5 Å². The lowest BCUT2D eigenvalue weighted by Crippen LogP contribution is -2.43. The molecule has 2 aromatic rings. The number of thiocarbonyl (C=S) groups is 1. The zero-order valence-electron chi connectivity index (χ0n) is 15.5. The summed E-state index contributed by atoms with van der Waals surface area (Å²) in [4.78, 5) is 2.07. The largest absolute Gasteiger partial charge is 0.504 e. The predicted octanol–water partition coefficient (Wildman–Crippen LogP) is 2.59. The standard InChI is InChI=1S/C20H24N2O4S/c1-25-18-4-3-13(9-19(18)26-2)5-7-21-20(27)22-8-6-14-10-16(23)17(24)11-15(14)12-22/h3-4,9-11,23-24H,5-8,12H2,1-2H3,(H,21,27). The average molecular weight is 388 g/mol. The highest BCUT2D eigenvalue weighted by Crippen LogP contribution is 2.31. The fourth-order valence-corrected chi connectivity index (χ4v) is 3.48. The van der Waals surface area contributed by atoms with Crippen molar-refractivity contribution in [1.29, 1.82) is 0 Å². The van der Waals surface area contributed by atoms with Crippen LogP contribution in [0.15, 0.2) is 30.3 Å². The van der Waals surface area contributed by atoms with Crippen LogP contribution in [0.2, 0.25) is 0 Å². The normalized spacial score (nSPS) is 13.0. The van der Waals surface area contributed by atoms with Gasteiger partial charge >= 0.3 is 0 Å². The SMILES string of the molecule is COc1ccc(CCNC(=S)N2CCc3cc(O)c(O)cc3C2)cc1OC. The zero-order chi connectivity index (χ0) is 19.4. The van der Waals surface area contributed by atoms with Crippen LogP contribution in [-0.2, 0) is 19.4 Å². The number of methoxy groups -OCH3 is 2. The van der Waals surface area contributed by atoms with Crippen molar-refractivity contribution in [2.45, 2.75) is 19.4 Å². The molecule has 27 heavy (non-hydrogen) atoms. The second kappa shape index (κ2) is 8.35. The lowest BCUT2D eigenvalue weighted by atomic mass is 9.99. The van der Waals surface area contributed by atoms with Crippen molar-refractivity contribution < 1.29 is 19.7 Å². The van der Waals surface area contributed by atoms with E-state index in [1.54, 1.807) is 26.4 Å². The number of ether oxygens (including phenoxy) is 2. The Kier molecular flexibility index (Phi) is 5.91. The van der Waals surface area contributed by atoms with Gasteiger partial charge in [-0.3, -0.25) is 0 Å². The topological polar surface area (TPSA) is 74.2 Å². The molecule has 0 spiro atoms. The number of fused-ring (bicyclic) bond motifs is 1. The summed E-state index contributed by atoms with van der Waals surface area (Å²) in [5, 5.41) is 23.3.